The van der Waals surface area contributed by atoms with Crippen molar-refractivity contribution >= 4 is 10.9 Å². The number of benzene rings is 1. The van der Waals surface area contributed by atoms with Crippen molar-refractivity contribution in [3.8, 4) is 0 Å². The number of methoxy groups -OCH3 is 1. The van der Waals surface area contributed by atoms with E-state index in [1.165, 1.54) is 0 Å². The molecule has 0 aliphatic heterocycles. The molecular formula is C14H21N3O2. The number of aliphatic hydroxyl groups is 1. The Balaban J connectivity index is 2.16. The predicted molar refractivity (Wildman–Crippen MR) is 75.0 cm³/mol. The lowest BCUT2D eigenvalue weighted by Gasteiger charge is -2.14. The summed E-state index contributed by atoms with van der Waals surface area (Å²) >= 11 is 0. The second-order valence-corrected chi connectivity index (χ2v) is 4.50. The van der Waals surface area contributed by atoms with Crippen molar-refractivity contribution in [2.45, 2.75) is 26.1 Å². The van der Waals surface area contributed by atoms with Crippen molar-refractivity contribution < 1.29 is 9.84 Å². The van der Waals surface area contributed by atoms with Gasteiger partial charge < -0.3 is 15.2 Å². The van der Waals surface area contributed by atoms with E-state index in [-0.39, 0.29) is 12.6 Å². The minimum atomic E-state index is -0.0597. The number of aromatic nitrogens is 2. The summed E-state index contributed by atoms with van der Waals surface area (Å²) in [6.45, 7) is 4.10. The molecule has 1 aromatic carbocycles. The van der Waals surface area contributed by atoms with E-state index in [0.717, 1.165) is 23.1 Å². The highest BCUT2D eigenvalue weighted by atomic mass is 16.5. The van der Waals surface area contributed by atoms with Gasteiger partial charge in [-0.15, -0.1) is 0 Å². The molecule has 1 atom stereocenters. The number of aliphatic hydroxyl groups excluding tert-OH is 1. The van der Waals surface area contributed by atoms with Gasteiger partial charge in [0.1, 0.15) is 0 Å². The van der Waals surface area contributed by atoms with Crippen LogP contribution >= 0.6 is 0 Å². The molecule has 1 heterocycles. The van der Waals surface area contributed by atoms with Gasteiger partial charge in [0, 0.05) is 25.6 Å². The second kappa shape index (κ2) is 6.65. The van der Waals surface area contributed by atoms with Crippen molar-refractivity contribution in [1.82, 2.24) is 15.1 Å². The Labute approximate surface area is 113 Å². The van der Waals surface area contributed by atoms with Gasteiger partial charge in [0.25, 0.3) is 0 Å². The van der Waals surface area contributed by atoms with Crippen LogP contribution in [-0.2, 0) is 17.8 Å². The molecule has 0 aliphatic rings. The van der Waals surface area contributed by atoms with Crippen LogP contribution < -0.4 is 5.32 Å². The minimum Gasteiger partial charge on any atom is -0.395 e. The molecule has 5 nitrogen and oxygen atoms in total. The number of aryl methyl sites for hydroxylation is 1. The third-order valence-electron chi connectivity index (χ3n) is 3.18. The Morgan fingerprint density at radius 2 is 2.21 bits per heavy atom. The van der Waals surface area contributed by atoms with Gasteiger partial charge >= 0.3 is 0 Å². The zero-order chi connectivity index (χ0) is 13.7. The van der Waals surface area contributed by atoms with E-state index in [9.17, 15) is 5.11 Å². The fourth-order valence-corrected chi connectivity index (χ4v) is 2.19. The summed E-state index contributed by atoms with van der Waals surface area (Å²) in [6, 6.07) is 8.14. The molecule has 2 rings (SSSR count). The molecule has 0 saturated carbocycles. The molecule has 0 fully saturated rings. The van der Waals surface area contributed by atoms with Gasteiger partial charge in [0.2, 0.25) is 0 Å². The Kier molecular flexibility index (Phi) is 4.90. The molecule has 0 spiro atoms. The molecule has 0 aliphatic carbocycles. The minimum absolute atomic E-state index is 0.0558. The van der Waals surface area contributed by atoms with Crippen LogP contribution in [0.5, 0.6) is 0 Å². The first-order valence-corrected chi connectivity index (χ1v) is 6.57. The molecule has 1 unspecified atom stereocenters. The topological polar surface area (TPSA) is 59.3 Å². The highest BCUT2D eigenvalue weighted by Crippen LogP contribution is 2.18. The summed E-state index contributed by atoms with van der Waals surface area (Å²) in [5.41, 5.74) is 2.15. The Hall–Kier alpha value is -1.43. The Bertz CT molecular complexity index is 524. The van der Waals surface area contributed by atoms with Crippen LogP contribution in [0.4, 0.5) is 0 Å². The number of nitrogens with one attached hydrogen (secondary N) is 1. The molecule has 2 N–H and O–H groups in total. The standard InChI is InChI=1S/C14H21N3O2/c1-3-17-14-7-5-4-6-12(14)13(16-17)8-15-11(9-18)10-19-2/h4-7,11,15,18H,3,8-10H2,1-2H3. The quantitative estimate of drug-likeness (QED) is 0.787. The third-order valence-corrected chi connectivity index (χ3v) is 3.18. The summed E-state index contributed by atoms with van der Waals surface area (Å²) in [4.78, 5) is 0. The molecule has 1 aromatic heterocycles. The number of ether oxygens (including phenoxy) is 1. The third kappa shape index (κ3) is 3.12. The highest BCUT2D eigenvalue weighted by molar-refractivity contribution is 5.81. The van der Waals surface area contributed by atoms with Crippen LogP contribution in [0.2, 0.25) is 0 Å². The van der Waals surface area contributed by atoms with Crippen molar-refractivity contribution in [2.75, 3.05) is 20.3 Å². The van der Waals surface area contributed by atoms with Crippen molar-refractivity contribution in [3.63, 3.8) is 0 Å². The first kappa shape index (κ1) is 14.0. The summed E-state index contributed by atoms with van der Waals surface area (Å²) in [6.07, 6.45) is 0. The molecule has 5 heteroatoms. The normalized spacial score (nSPS) is 13.0. The van der Waals surface area contributed by atoms with Crippen LogP contribution in [0.3, 0.4) is 0 Å². The molecule has 0 saturated heterocycles. The number of hydrogen-bond acceptors (Lipinski definition) is 4. The zero-order valence-corrected chi connectivity index (χ0v) is 11.5. The second-order valence-electron chi connectivity index (χ2n) is 4.50. The van der Waals surface area contributed by atoms with Crippen LogP contribution in [0.1, 0.15) is 12.6 Å². The van der Waals surface area contributed by atoms with Gasteiger partial charge in [-0.3, -0.25) is 4.68 Å². The smallest absolute Gasteiger partial charge is 0.0841 e. The lowest BCUT2D eigenvalue weighted by Crippen LogP contribution is -2.36. The first-order chi connectivity index (χ1) is 9.30. The van der Waals surface area contributed by atoms with Gasteiger partial charge in [-0.25, -0.2) is 0 Å². The SMILES string of the molecule is CCn1nc(CNC(CO)COC)c2ccccc21. The van der Waals surface area contributed by atoms with E-state index in [1.807, 2.05) is 16.8 Å². The van der Waals surface area contributed by atoms with E-state index in [0.29, 0.717) is 13.2 Å². The van der Waals surface area contributed by atoms with Crippen LogP contribution in [0.15, 0.2) is 24.3 Å². The van der Waals surface area contributed by atoms with Gasteiger partial charge in [-0.1, -0.05) is 18.2 Å². The largest absolute Gasteiger partial charge is 0.395 e. The highest BCUT2D eigenvalue weighted by Gasteiger charge is 2.11. The van der Waals surface area contributed by atoms with E-state index in [4.69, 9.17) is 4.74 Å². The number of para-hydroxylation sites is 1. The maximum atomic E-state index is 9.23. The summed E-state index contributed by atoms with van der Waals surface area (Å²) in [5.74, 6) is 0. The monoisotopic (exact) mass is 263 g/mol. The Morgan fingerprint density at radius 1 is 1.42 bits per heavy atom. The maximum absolute atomic E-state index is 9.23. The van der Waals surface area contributed by atoms with Gasteiger partial charge in [0.05, 0.1) is 30.5 Å². The number of rotatable bonds is 7. The number of hydrogen-bond donors (Lipinski definition) is 2. The first-order valence-electron chi connectivity index (χ1n) is 6.57. The van der Waals surface area contributed by atoms with E-state index >= 15 is 0 Å². The van der Waals surface area contributed by atoms with Crippen LogP contribution in [-0.4, -0.2) is 41.3 Å². The molecule has 0 amide bonds. The molecule has 0 bridgehead atoms. The fourth-order valence-electron chi connectivity index (χ4n) is 2.19. The van der Waals surface area contributed by atoms with E-state index in [1.54, 1.807) is 7.11 Å². The number of fused-ring (bicyclic) bond motifs is 1. The average molecular weight is 263 g/mol. The lowest BCUT2D eigenvalue weighted by molar-refractivity contribution is 0.128. The molecule has 19 heavy (non-hydrogen) atoms. The van der Waals surface area contributed by atoms with Crippen molar-refractivity contribution in [2.24, 2.45) is 0 Å². The summed E-state index contributed by atoms with van der Waals surface area (Å²) < 4.78 is 7.05. The van der Waals surface area contributed by atoms with Crippen molar-refractivity contribution in [3.05, 3.63) is 30.0 Å². The summed E-state index contributed by atoms with van der Waals surface area (Å²) in [5, 5.41) is 18.3. The summed E-state index contributed by atoms with van der Waals surface area (Å²) in [7, 11) is 1.63. The van der Waals surface area contributed by atoms with Gasteiger partial charge in [-0.2, -0.15) is 5.10 Å². The predicted octanol–water partition coefficient (Wildman–Crippen LogP) is 1.15. The fraction of sp³-hybridized carbons (Fsp3) is 0.500. The zero-order valence-electron chi connectivity index (χ0n) is 11.5. The number of nitrogens with zero attached hydrogens (tertiary/aromatic N) is 2. The molecule has 104 valence electrons. The maximum Gasteiger partial charge on any atom is 0.0841 e. The van der Waals surface area contributed by atoms with Gasteiger partial charge in [0.15, 0.2) is 0 Å². The molecular weight excluding hydrogens is 242 g/mol. The molecule has 0 radical (unpaired) electrons. The van der Waals surface area contributed by atoms with Crippen molar-refractivity contribution in [1.29, 1.82) is 0 Å². The van der Waals surface area contributed by atoms with Crippen LogP contribution in [0, 0.1) is 0 Å². The van der Waals surface area contributed by atoms with E-state index < -0.39 is 0 Å². The average Bonchev–Trinajstić information content (AvgIpc) is 2.82. The lowest BCUT2D eigenvalue weighted by atomic mass is 10.2. The van der Waals surface area contributed by atoms with Gasteiger partial charge in [-0.05, 0) is 13.0 Å². The Morgan fingerprint density at radius 3 is 2.89 bits per heavy atom. The van der Waals surface area contributed by atoms with Crippen LogP contribution in [0.25, 0.3) is 10.9 Å². The van der Waals surface area contributed by atoms with E-state index in [2.05, 4.69) is 29.5 Å². The molecule has 2 aromatic rings.